The third-order valence-corrected chi connectivity index (χ3v) is 6.53. The summed E-state index contributed by atoms with van der Waals surface area (Å²) in [6, 6.07) is 10.3. The molecule has 32 heavy (non-hydrogen) atoms. The Hall–Kier alpha value is -3.20. The predicted octanol–water partition coefficient (Wildman–Crippen LogP) is 6.55. The smallest absolute Gasteiger partial charge is 0.416 e. The Bertz CT molecular complexity index is 1190. The van der Waals surface area contributed by atoms with Gasteiger partial charge in [-0.15, -0.1) is 11.3 Å². The number of rotatable bonds is 6. The van der Waals surface area contributed by atoms with E-state index in [-0.39, 0.29) is 18.4 Å². The number of ether oxygens (including phenoxy) is 1. The summed E-state index contributed by atoms with van der Waals surface area (Å²) in [4.78, 5) is 20.7. The topological polar surface area (TPSA) is 71.8 Å². The fourth-order valence-corrected chi connectivity index (χ4v) is 4.64. The second-order valence-electron chi connectivity index (χ2n) is 7.51. The molecule has 2 heterocycles. The molecule has 2 unspecified atom stereocenters. The molecule has 0 radical (unpaired) electrons. The van der Waals surface area contributed by atoms with Gasteiger partial charge in [-0.2, -0.15) is 13.2 Å². The van der Waals surface area contributed by atoms with Crippen molar-refractivity contribution >= 4 is 29.2 Å². The Balaban J connectivity index is 1.50. The molecule has 1 aliphatic rings. The summed E-state index contributed by atoms with van der Waals surface area (Å²) < 4.78 is 44.5. The van der Waals surface area contributed by atoms with Crippen LogP contribution in [0.25, 0.3) is 10.6 Å². The van der Waals surface area contributed by atoms with Gasteiger partial charge in [0.15, 0.2) is 0 Å². The fourth-order valence-electron chi connectivity index (χ4n) is 3.59. The molecule has 2 aromatic carbocycles. The second kappa shape index (κ2) is 8.38. The molecule has 1 aliphatic heterocycles. The lowest BCUT2D eigenvalue weighted by atomic mass is 9.98. The number of hydrogen-bond acceptors (Lipinski definition) is 5. The van der Waals surface area contributed by atoms with Crippen molar-refractivity contribution in [3.8, 4) is 16.3 Å². The number of aliphatic imine (C=N–C) groups is 1. The number of carboxylic acid groups (broad SMARTS) is 1. The SMILES string of the molecule is Cc1nc(-c2ccc(C(F)(F)F)cc2)sc1C(C)Oc1ccc2c(c1)N=CC2CC(=O)O. The number of carbonyl (C=O) groups is 1. The third kappa shape index (κ3) is 4.52. The van der Waals surface area contributed by atoms with Crippen molar-refractivity contribution < 1.29 is 27.8 Å². The van der Waals surface area contributed by atoms with Crippen LogP contribution in [0.4, 0.5) is 18.9 Å². The van der Waals surface area contributed by atoms with E-state index in [0.717, 1.165) is 28.3 Å². The van der Waals surface area contributed by atoms with Gasteiger partial charge in [0.2, 0.25) is 0 Å². The molecule has 5 nitrogen and oxygen atoms in total. The van der Waals surface area contributed by atoms with Crippen LogP contribution in [0, 0.1) is 6.92 Å². The van der Waals surface area contributed by atoms with E-state index in [0.29, 0.717) is 22.0 Å². The Morgan fingerprint density at radius 3 is 2.59 bits per heavy atom. The maximum absolute atomic E-state index is 12.8. The zero-order valence-electron chi connectivity index (χ0n) is 17.2. The van der Waals surface area contributed by atoms with E-state index in [4.69, 9.17) is 9.84 Å². The molecule has 3 aromatic rings. The summed E-state index contributed by atoms with van der Waals surface area (Å²) >= 11 is 1.37. The molecule has 1 N–H and O–H groups in total. The van der Waals surface area contributed by atoms with Crippen LogP contribution in [0.15, 0.2) is 47.5 Å². The van der Waals surface area contributed by atoms with Crippen LogP contribution in [-0.2, 0) is 11.0 Å². The number of thiazole rings is 1. The lowest BCUT2D eigenvalue weighted by Gasteiger charge is -2.15. The second-order valence-corrected chi connectivity index (χ2v) is 8.54. The van der Waals surface area contributed by atoms with E-state index in [2.05, 4.69) is 9.98 Å². The summed E-state index contributed by atoms with van der Waals surface area (Å²) in [7, 11) is 0. The molecule has 0 bridgehead atoms. The van der Waals surface area contributed by atoms with Crippen molar-refractivity contribution in [1.29, 1.82) is 0 Å². The molecule has 0 spiro atoms. The lowest BCUT2D eigenvalue weighted by Crippen LogP contribution is -2.05. The van der Waals surface area contributed by atoms with Gasteiger partial charge in [0.25, 0.3) is 0 Å². The van der Waals surface area contributed by atoms with E-state index >= 15 is 0 Å². The quantitative estimate of drug-likeness (QED) is 0.453. The number of alkyl halides is 3. The molecule has 0 amide bonds. The first kappa shape index (κ1) is 22.0. The zero-order chi connectivity index (χ0) is 23.0. The van der Waals surface area contributed by atoms with Crippen LogP contribution < -0.4 is 4.74 Å². The van der Waals surface area contributed by atoms with Crippen LogP contribution in [0.1, 0.15) is 47.1 Å². The van der Waals surface area contributed by atoms with Crippen LogP contribution in [0.2, 0.25) is 0 Å². The molecule has 4 rings (SSSR count). The Morgan fingerprint density at radius 1 is 1.22 bits per heavy atom. The molecular weight excluding hydrogens is 441 g/mol. The minimum atomic E-state index is -4.38. The predicted molar refractivity (Wildman–Crippen MR) is 116 cm³/mol. The first-order valence-electron chi connectivity index (χ1n) is 9.83. The number of benzene rings is 2. The molecule has 9 heteroatoms. The first-order valence-corrected chi connectivity index (χ1v) is 10.6. The molecule has 0 saturated heterocycles. The Labute approximate surface area is 186 Å². The fraction of sp³-hybridized carbons (Fsp3) is 0.261. The van der Waals surface area contributed by atoms with E-state index in [9.17, 15) is 18.0 Å². The summed E-state index contributed by atoms with van der Waals surface area (Å²) in [5, 5.41) is 9.64. The normalized spacial score (nSPS) is 16.1. The molecule has 1 aromatic heterocycles. The number of aryl methyl sites for hydroxylation is 1. The van der Waals surface area contributed by atoms with Crippen molar-refractivity contribution in [3.63, 3.8) is 0 Å². The average molecular weight is 460 g/mol. The monoisotopic (exact) mass is 460 g/mol. The van der Waals surface area contributed by atoms with E-state index in [1.807, 2.05) is 19.9 Å². The van der Waals surface area contributed by atoms with E-state index in [1.165, 1.54) is 23.5 Å². The lowest BCUT2D eigenvalue weighted by molar-refractivity contribution is -0.138. The van der Waals surface area contributed by atoms with Gasteiger partial charge in [-0.1, -0.05) is 18.2 Å². The van der Waals surface area contributed by atoms with E-state index in [1.54, 1.807) is 18.3 Å². The minimum Gasteiger partial charge on any atom is -0.485 e. The number of hydrogen-bond donors (Lipinski definition) is 1. The van der Waals surface area contributed by atoms with Gasteiger partial charge >= 0.3 is 12.1 Å². The summed E-state index contributed by atoms with van der Waals surface area (Å²) in [6.45, 7) is 3.71. The molecule has 0 aliphatic carbocycles. The zero-order valence-corrected chi connectivity index (χ0v) is 18.0. The number of fused-ring (bicyclic) bond motifs is 1. The number of aliphatic carboxylic acids is 1. The molecule has 0 fully saturated rings. The summed E-state index contributed by atoms with van der Waals surface area (Å²) in [5.41, 5.74) is 2.20. The summed E-state index contributed by atoms with van der Waals surface area (Å²) in [5.74, 6) is -0.537. The summed E-state index contributed by atoms with van der Waals surface area (Å²) in [6.07, 6.45) is -3.09. The van der Waals surface area contributed by atoms with Gasteiger partial charge in [0.05, 0.1) is 28.2 Å². The van der Waals surface area contributed by atoms with Gasteiger partial charge in [-0.05, 0) is 37.6 Å². The van der Waals surface area contributed by atoms with E-state index < -0.39 is 17.7 Å². The number of aromatic nitrogens is 1. The Morgan fingerprint density at radius 2 is 1.94 bits per heavy atom. The maximum Gasteiger partial charge on any atom is 0.416 e. The van der Waals surface area contributed by atoms with Crippen molar-refractivity contribution in [1.82, 2.24) is 4.98 Å². The Kier molecular flexibility index (Phi) is 5.77. The highest BCUT2D eigenvalue weighted by atomic mass is 32.1. The minimum absolute atomic E-state index is 0.0140. The van der Waals surface area contributed by atoms with Gasteiger partial charge < -0.3 is 9.84 Å². The van der Waals surface area contributed by atoms with Gasteiger partial charge in [-0.25, -0.2) is 4.98 Å². The van der Waals surface area contributed by atoms with Crippen LogP contribution in [-0.4, -0.2) is 22.3 Å². The molecule has 0 saturated carbocycles. The van der Waals surface area contributed by atoms with Gasteiger partial charge in [0.1, 0.15) is 16.9 Å². The highest BCUT2D eigenvalue weighted by Gasteiger charge is 2.30. The van der Waals surface area contributed by atoms with Crippen molar-refractivity contribution in [3.05, 3.63) is 64.2 Å². The highest BCUT2D eigenvalue weighted by molar-refractivity contribution is 7.15. The highest BCUT2D eigenvalue weighted by Crippen LogP contribution is 2.39. The van der Waals surface area contributed by atoms with Gasteiger partial charge in [-0.3, -0.25) is 9.79 Å². The van der Waals surface area contributed by atoms with Crippen LogP contribution in [0.3, 0.4) is 0 Å². The van der Waals surface area contributed by atoms with Crippen molar-refractivity contribution in [2.24, 2.45) is 4.99 Å². The average Bonchev–Trinajstić information content (AvgIpc) is 3.30. The van der Waals surface area contributed by atoms with Crippen molar-refractivity contribution in [2.45, 2.75) is 38.5 Å². The molecule has 2 atom stereocenters. The molecular formula is C23H19F3N2O3S. The molecule has 166 valence electrons. The van der Waals surface area contributed by atoms with Crippen LogP contribution in [0.5, 0.6) is 5.75 Å². The maximum atomic E-state index is 12.8. The number of carboxylic acids is 1. The van der Waals surface area contributed by atoms with Gasteiger partial charge in [0, 0.05) is 23.8 Å². The first-order chi connectivity index (χ1) is 15.1. The number of halogens is 3. The number of nitrogens with zero attached hydrogens (tertiary/aromatic N) is 2. The van der Waals surface area contributed by atoms with Crippen LogP contribution >= 0.6 is 11.3 Å². The standard InChI is InChI=1S/C23H19F3N2O3S/c1-12-21(32-22(28-12)14-3-5-16(6-4-14)23(24,25)26)13(2)31-17-7-8-18-15(9-20(29)30)11-27-19(18)10-17/h3-8,10-11,13,15H,9H2,1-2H3,(H,29,30). The largest absolute Gasteiger partial charge is 0.485 e. The third-order valence-electron chi connectivity index (χ3n) is 5.16. The van der Waals surface area contributed by atoms with Crippen molar-refractivity contribution in [2.75, 3.05) is 0 Å².